The lowest BCUT2D eigenvalue weighted by molar-refractivity contribution is -0.142. The number of aromatic amines is 1. The molecule has 0 unspecified atom stereocenters. The number of nitrogens with one attached hydrogen (secondary N) is 6. The fourth-order valence-electron chi connectivity index (χ4n) is 5.66. The molecule has 0 aliphatic rings. The molecule has 5 amide bonds. The minimum absolute atomic E-state index is 0.00967. The van der Waals surface area contributed by atoms with Crippen LogP contribution in [0.4, 0.5) is 0 Å². The van der Waals surface area contributed by atoms with Crippen molar-refractivity contribution in [1.82, 2.24) is 36.6 Å². The van der Waals surface area contributed by atoms with Crippen molar-refractivity contribution >= 4 is 59.0 Å². The number of imidazole rings is 1. The molecule has 2 aromatic rings. The summed E-state index contributed by atoms with van der Waals surface area (Å²) in [4.78, 5) is 87.4. The number of hydrogen-bond donors (Lipinski definition) is 11. The van der Waals surface area contributed by atoms with Gasteiger partial charge in [-0.25, -0.2) is 9.78 Å². The van der Waals surface area contributed by atoms with Crippen molar-refractivity contribution < 1.29 is 39.0 Å². The van der Waals surface area contributed by atoms with Gasteiger partial charge in [0.15, 0.2) is 0 Å². The number of nitrogens with two attached hydrogens (primary N) is 3. The minimum atomic E-state index is -1.30. The second kappa shape index (κ2) is 27.3. The Morgan fingerprint density at radius 2 is 1.14 bits per heavy atom. The number of aliphatic carboxylic acids is 1. The van der Waals surface area contributed by atoms with E-state index in [4.69, 9.17) is 17.2 Å². The number of carbonyl (C=O) groups excluding carboxylic acids is 5. The van der Waals surface area contributed by atoms with Crippen LogP contribution in [0.2, 0.25) is 0 Å². The average Bonchev–Trinajstić information content (AvgIpc) is 3.71. The van der Waals surface area contributed by atoms with Crippen molar-refractivity contribution in [2.75, 3.05) is 37.1 Å². The number of H-pyrrole nitrogens is 1. The Kier molecular flexibility index (Phi) is 23.4. The normalized spacial score (nSPS) is 14.3. The number of amides is 5. The van der Waals surface area contributed by atoms with Crippen molar-refractivity contribution in [2.45, 2.75) is 100 Å². The van der Waals surface area contributed by atoms with Gasteiger partial charge in [-0.05, 0) is 106 Å². The monoisotopic (exact) mass is 836 g/mol. The second-order valence-electron chi connectivity index (χ2n) is 13.5. The Labute approximate surface area is 342 Å². The van der Waals surface area contributed by atoms with Gasteiger partial charge in [-0.1, -0.05) is 12.1 Å². The maximum absolute atomic E-state index is 14.2. The van der Waals surface area contributed by atoms with Gasteiger partial charge >= 0.3 is 5.97 Å². The first-order valence-electron chi connectivity index (χ1n) is 19.0. The molecule has 0 saturated carbocycles. The maximum Gasteiger partial charge on any atom is 0.326 e. The zero-order valence-electron chi connectivity index (χ0n) is 32.7. The SMILES string of the molecule is CSCC[C@H](NC(=O)[C@H](CCCCN)NC(=O)[C@H](Cc1cnc[nH]1)NC(=O)[C@H](Cc1ccc(O)cc1)NC(=O)[C@H](CCCCN)NC(=O)[C@@H](N)CCSC)C(=O)O. The molecule has 0 aliphatic heterocycles. The van der Waals surface area contributed by atoms with Crippen molar-refractivity contribution in [3.63, 3.8) is 0 Å². The number of nitrogens with zero attached hydrogens (tertiary/aromatic N) is 1. The van der Waals surface area contributed by atoms with E-state index in [9.17, 15) is 39.0 Å². The van der Waals surface area contributed by atoms with Crippen LogP contribution in [0, 0.1) is 0 Å². The fraction of sp³-hybridized carbons (Fsp3) is 0.595. The standard InChI is InChI=1S/C37H60N10O8S2/c1-56-17-13-26(40)32(49)43-27(7-3-5-15-38)34(51)46-30(19-23-9-11-25(48)12-10-23)35(52)47-31(20-24-21-41-22-42-24)36(53)44-28(8-4-6-16-39)33(50)45-29(37(54)55)14-18-57-2/h9-12,21-22,26-31,48H,3-8,13-20,38-40H2,1-2H3,(H,41,42)(H,43,49)(H,44,53)(H,45,50)(H,46,51)(H,47,52)(H,54,55)/t26-,27-,28-,29-,30-,31-/m0/s1. The van der Waals surface area contributed by atoms with E-state index in [1.807, 2.05) is 12.5 Å². The van der Waals surface area contributed by atoms with Crippen LogP contribution in [-0.4, -0.2) is 129 Å². The molecular formula is C37H60N10O8S2. The first kappa shape index (κ1) is 48.8. The number of carbonyl (C=O) groups is 6. The number of thioether (sulfide) groups is 2. The van der Waals surface area contributed by atoms with E-state index >= 15 is 0 Å². The van der Waals surface area contributed by atoms with Gasteiger partial charge in [0.1, 0.15) is 36.0 Å². The number of hydrogen-bond acceptors (Lipinski definition) is 13. The molecule has 20 heteroatoms. The van der Waals surface area contributed by atoms with E-state index in [0.29, 0.717) is 68.0 Å². The predicted octanol–water partition coefficient (Wildman–Crippen LogP) is -0.499. The Balaban J connectivity index is 2.43. The summed E-state index contributed by atoms with van der Waals surface area (Å²) in [5, 5.41) is 33.0. The van der Waals surface area contributed by atoms with Gasteiger partial charge in [-0.2, -0.15) is 23.5 Å². The van der Waals surface area contributed by atoms with Gasteiger partial charge in [-0.3, -0.25) is 24.0 Å². The number of phenolic OH excluding ortho intramolecular Hbond substituents is 1. The number of carboxylic acid groups (broad SMARTS) is 1. The Bertz CT molecular complexity index is 1540. The molecule has 0 saturated heterocycles. The number of aromatic hydroxyl groups is 1. The van der Waals surface area contributed by atoms with Crippen molar-refractivity contribution in [1.29, 1.82) is 0 Å². The second-order valence-corrected chi connectivity index (χ2v) is 15.5. The summed E-state index contributed by atoms with van der Waals surface area (Å²) >= 11 is 2.96. The molecule has 1 heterocycles. The third kappa shape index (κ3) is 18.6. The summed E-state index contributed by atoms with van der Waals surface area (Å²) in [7, 11) is 0. The number of aromatic nitrogens is 2. The third-order valence-corrected chi connectivity index (χ3v) is 10.3. The molecule has 0 spiro atoms. The predicted molar refractivity (Wildman–Crippen MR) is 221 cm³/mol. The van der Waals surface area contributed by atoms with E-state index in [1.165, 1.54) is 48.2 Å². The van der Waals surface area contributed by atoms with E-state index in [1.54, 1.807) is 12.1 Å². The molecule has 1 aromatic heterocycles. The Hall–Kier alpha value is -4.37. The van der Waals surface area contributed by atoms with Crippen LogP contribution in [0.3, 0.4) is 0 Å². The summed E-state index contributed by atoms with van der Waals surface area (Å²) in [6, 6.07) is -0.818. The van der Waals surface area contributed by atoms with Gasteiger partial charge in [0.05, 0.1) is 12.4 Å². The van der Waals surface area contributed by atoms with Crippen molar-refractivity contribution in [2.24, 2.45) is 17.2 Å². The molecule has 6 atom stereocenters. The van der Waals surface area contributed by atoms with Gasteiger partial charge in [-0.15, -0.1) is 0 Å². The summed E-state index contributed by atoms with van der Waals surface area (Å²) in [5.41, 5.74) is 18.5. The van der Waals surface area contributed by atoms with Crippen LogP contribution in [0.1, 0.15) is 62.6 Å². The van der Waals surface area contributed by atoms with Crippen LogP contribution in [0.5, 0.6) is 5.75 Å². The van der Waals surface area contributed by atoms with Gasteiger partial charge in [0.25, 0.3) is 0 Å². The largest absolute Gasteiger partial charge is 0.508 e. The molecule has 1 aromatic carbocycles. The Morgan fingerprint density at radius 1 is 0.667 bits per heavy atom. The molecule has 318 valence electrons. The number of phenols is 1. The van der Waals surface area contributed by atoms with E-state index in [-0.39, 0.29) is 37.9 Å². The number of rotatable bonds is 29. The minimum Gasteiger partial charge on any atom is -0.508 e. The first-order chi connectivity index (χ1) is 27.3. The highest BCUT2D eigenvalue weighted by Gasteiger charge is 2.33. The van der Waals surface area contributed by atoms with Gasteiger partial charge < -0.3 is 59.0 Å². The molecule has 0 bridgehead atoms. The first-order valence-corrected chi connectivity index (χ1v) is 21.8. The van der Waals surface area contributed by atoms with Crippen LogP contribution >= 0.6 is 23.5 Å². The van der Waals surface area contributed by atoms with E-state index < -0.39 is 71.8 Å². The van der Waals surface area contributed by atoms with Crippen molar-refractivity contribution in [3.05, 3.63) is 48.0 Å². The third-order valence-electron chi connectivity index (χ3n) is 8.98. The highest BCUT2D eigenvalue weighted by atomic mass is 32.2. The molecule has 0 fully saturated rings. The van der Waals surface area contributed by atoms with Crippen molar-refractivity contribution in [3.8, 4) is 5.75 Å². The zero-order valence-corrected chi connectivity index (χ0v) is 34.3. The van der Waals surface area contributed by atoms with Crippen LogP contribution in [0.25, 0.3) is 0 Å². The fourth-order valence-corrected chi connectivity index (χ4v) is 6.62. The molecule has 2 rings (SSSR count). The van der Waals surface area contributed by atoms with Crippen LogP contribution < -0.4 is 43.8 Å². The summed E-state index contributed by atoms with van der Waals surface area (Å²) in [5.74, 6) is -3.48. The van der Waals surface area contributed by atoms with Gasteiger partial charge in [0.2, 0.25) is 29.5 Å². The molecule has 57 heavy (non-hydrogen) atoms. The van der Waals surface area contributed by atoms with Crippen LogP contribution in [0.15, 0.2) is 36.8 Å². The quantitative estimate of drug-likeness (QED) is 0.0461. The highest BCUT2D eigenvalue weighted by molar-refractivity contribution is 7.98. The molecular weight excluding hydrogens is 777 g/mol. The smallest absolute Gasteiger partial charge is 0.326 e. The zero-order chi connectivity index (χ0) is 42.2. The number of carboxylic acids is 1. The van der Waals surface area contributed by atoms with Crippen LogP contribution in [-0.2, 0) is 41.6 Å². The maximum atomic E-state index is 14.2. The molecule has 0 radical (unpaired) electrons. The lowest BCUT2D eigenvalue weighted by Gasteiger charge is -2.27. The summed E-state index contributed by atoms with van der Waals surface area (Å²) in [6.45, 7) is 0.706. The molecule has 18 nitrogen and oxygen atoms in total. The highest BCUT2D eigenvalue weighted by Crippen LogP contribution is 2.14. The Morgan fingerprint density at radius 3 is 1.63 bits per heavy atom. The van der Waals surface area contributed by atoms with E-state index in [2.05, 4.69) is 36.6 Å². The van der Waals surface area contributed by atoms with E-state index in [0.717, 1.165) is 0 Å². The number of benzene rings is 1. The average molecular weight is 837 g/mol. The summed E-state index contributed by atoms with van der Waals surface area (Å²) in [6.07, 6.45) is 9.41. The molecule has 14 N–H and O–H groups in total. The lowest BCUT2D eigenvalue weighted by Crippen LogP contribution is -2.60. The lowest BCUT2D eigenvalue weighted by atomic mass is 10.0. The molecule has 0 aliphatic carbocycles. The van der Waals surface area contributed by atoms with Gasteiger partial charge in [0, 0.05) is 24.7 Å². The number of unbranched alkanes of at least 4 members (excludes halogenated alkanes) is 2. The summed E-state index contributed by atoms with van der Waals surface area (Å²) < 4.78 is 0. The topological polar surface area (TPSA) is 310 Å².